The number of hydrazone groups is 1. The Morgan fingerprint density at radius 3 is 2.24 bits per heavy atom. The summed E-state index contributed by atoms with van der Waals surface area (Å²) in [5.74, 6) is -0.0675. The highest BCUT2D eigenvalue weighted by molar-refractivity contribution is 5.91. The van der Waals surface area contributed by atoms with Crippen molar-refractivity contribution in [2.24, 2.45) is 5.10 Å². The third kappa shape index (κ3) is 6.47. The number of hydrogen-bond donors (Lipinski definition) is 1. The average Bonchev–Trinajstić information content (AvgIpc) is 2.80. The standard InChI is InChI=1S/C24H21N3O6/c1-16-4-3-5-17(2)23(16)32-15-22(28)26-25-14-18-6-12-21(13-7-18)33-24(29)19-8-10-20(11-9-19)27(30)31/h3-14H,15H2,1-2H3,(H,26,28)/b25-14-. The Balaban J connectivity index is 1.49. The summed E-state index contributed by atoms with van der Waals surface area (Å²) in [6.07, 6.45) is 1.44. The van der Waals surface area contributed by atoms with Crippen molar-refractivity contribution in [2.45, 2.75) is 13.8 Å². The highest BCUT2D eigenvalue weighted by atomic mass is 16.6. The Bertz CT molecular complexity index is 1170. The SMILES string of the molecule is Cc1cccc(C)c1OCC(=O)N/N=C\c1ccc(OC(=O)c2ccc([N+](=O)[O-])cc2)cc1. The van der Waals surface area contributed by atoms with Crippen molar-refractivity contribution in [1.29, 1.82) is 0 Å². The van der Waals surface area contributed by atoms with E-state index in [-0.39, 0.29) is 17.9 Å². The molecule has 3 rings (SSSR count). The number of nitrogens with zero attached hydrogens (tertiary/aromatic N) is 2. The summed E-state index contributed by atoms with van der Waals surface area (Å²) in [6.45, 7) is 3.65. The maximum absolute atomic E-state index is 12.2. The van der Waals surface area contributed by atoms with Crippen LogP contribution in [0.4, 0.5) is 5.69 Å². The van der Waals surface area contributed by atoms with Gasteiger partial charge in [0.25, 0.3) is 11.6 Å². The van der Waals surface area contributed by atoms with Crippen LogP contribution < -0.4 is 14.9 Å². The number of ether oxygens (including phenoxy) is 2. The predicted molar refractivity (Wildman–Crippen MR) is 122 cm³/mol. The lowest BCUT2D eigenvalue weighted by atomic mass is 10.1. The van der Waals surface area contributed by atoms with Gasteiger partial charge in [0.2, 0.25) is 0 Å². The molecule has 168 valence electrons. The number of nitro groups is 1. The van der Waals surface area contributed by atoms with E-state index in [1.807, 2.05) is 32.0 Å². The fourth-order valence-electron chi connectivity index (χ4n) is 2.88. The number of esters is 1. The van der Waals surface area contributed by atoms with Gasteiger partial charge >= 0.3 is 5.97 Å². The lowest BCUT2D eigenvalue weighted by molar-refractivity contribution is -0.384. The molecular weight excluding hydrogens is 426 g/mol. The van der Waals surface area contributed by atoms with E-state index in [2.05, 4.69) is 10.5 Å². The van der Waals surface area contributed by atoms with Crippen LogP contribution in [-0.4, -0.2) is 29.6 Å². The molecule has 0 bridgehead atoms. The zero-order valence-electron chi connectivity index (χ0n) is 18.0. The third-order valence-corrected chi connectivity index (χ3v) is 4.56. The zero-order valence-corrected chi connectivity index (χ0v) is 18.0. The number of nitro benzene ring substituents is 1. The molecule has 0 spiro atoms. The van der Waals surface area contributed by atoms with E-state index in [0.717, 1.165) is 11.1 Å². The molecule has 0 saturated heterocycles. The van der Waals surface area contributed by atoms with Gasteiger partial charge in [-0.25, -0.2) is 10.2 Å². The number of para-hydroxylation sites is 1. The summed E-state index contributed by atoms with van der Waals surface area (Å²) < 4.78 is 10.8. The van der Waals surface area contributed by atoms with Gasteiger partial charge in [-0.3, -0.25) is 14.9 Å². The molecule has 33 heavy (non-hydrogen) atoms. The van der Waals surface area contributed by atoms with Crippen LogP contribution in [-0.2, 0) is 4.79 Å². The molecule has 3 aromatic rings. The average molecular weight is 447 g/mol. The lowest BCUT2D eigenvalue weighted by Gasteiger charge is -2.10. The number of rotatable bonds is 8. The molecule has 1 amide bonds. The second-order valence-corrected chi connectivity index (χ2v) is 7.07. The van der Waals surface area contributed by atoms with Crippen molar-refractivity contribution in [2.75, 3.05) is 6.61 Å². The molecule has 1 N–H and O–H groups in total. The summed E-state index contributed by atoms with van der Waals surface area (Å²) >= 11 is 0. The van der Waals surface area contributed by atoms with Crippen LogP contribution in [0.15, 0.2) is 71.8 Å². The van der Waals surface area contributed by atoms with Gasteiger partial charge in [0.15, 0.2) is 6.61 Å². The van der Waals surface area contributed by atoms with E-state index in [9.17, 15) is 19.7 Å². The molecule has 0 aromatic heterocycles. The molecule has 0 unspecified atom stereocenters. The maximum atomic E-state index is 12.2. The van der Waals surface area contributed by atoms with E-state index >= 15 is 0 Å². The molecule has 0 fully saturated rings. The molecule has 0 radical (unpaired) electrons. The first-order chi connectivity index (χ1) is 15.8. The highest BCUT2D eigenvalue weighted by Gasteiger charge is 2.11. The van der Waals surface area contributed by atoms with E-state index in [1.54, 1.807) is 24.3 Å². The molecule has 9 heteroatoms. The lowest BCUT2D eigenvalue weighted by Crippen LogP contribution is -2.25. The largest absolute Gasteiger partial charge is 0.483 e. The Morgan fingerprint density at radius 1 is 1.00 bits per heavy atom. The topological polar surface area (TPSA) is 120 Å². The Labute approximate surface area is 189 Å². The number of nitrogens with one attached hydrogen (secondary N) is 1. The highest BCUT2D eigenvalue weighted by Crippen LogP contribution is 2.22. The minimum absolute atomic E-state index is 0.112. The second kappa shape index (κ2) is 10.7. The molecule has 0 heterocycles. The van der Waals surface area contributed by atoms with Crippen LogP contribution in [0.25, 0.3) is 0 Å². The van der Waals surface area contributed by atoms with Crippen LogP contribution in [0.1, 0.15) is 27.0 Å². The van der Waals surface area contributed by atoms with Crippen molar-refractivity contribution >= 4 is 23.8 Å². The van der Waals surface area contributed by atoms with Gasteiger partial charge in [0.05, 0.1) is 16.7 Å². The fraction of sp³-hybridized carbons (Fsp3) is 0.125. The number of benzene rings is 3. The molecule has 0 aliphatic carbocycles. The molecule has 0 aliphatic rings. The number of non-ortho nitro benzene ring substituents is 1. The molecule has 0 aliphatic heterocycles. The van der Waals surface area contributed by atoms with Gasteiger partial charge in [0, 0.05) is 12.1 Å². The van der Waals surface area contributed by atoms with Crippen molar-refractivity contribution in [3.05, 3.63) is 99.1 Å². The first kappa shape index (κ1) is 23.1. The number of carbonyl (C=O) groups excluding carboxylic acids is 2. The molecule has 0 saturated carbocycles. The number of aryl methyl sites for hydroxylation is 2. The smallest absolute Gasteiger partial charge is 0.343 e. The number of hydrogen-bond acceptors (Lipinski definition) is 7. The summed E-state index contributed by atoms with van der Waals surface area (Å²) in [5, 5.41) is 14.6. The fourth-order valence-corrected chi connectivity index (χ4v) is 2.88. The van der Waals surface area contributed by atoms with E-state index in [0.29, 0.717) is 17.1 Å². The van der Waals surface area contributed by atoms with Gasteiger partial charge in [-0.2, -0.15) is 5.10 Å². The summed E-state index contributed by atoms with van der Waals surface area (Å²) in [4.78, 5) is 34.2. The quantitative estimate of drug-likeness (QED) is 0.183. The van der Waals surface area contributed by atoms with Crippen LogP contribution in [0.3, 0.4) is 0 Å². The monoisotopic (exact) mass is 447 g/mol. The maximum Gasteiger partial charge on any atom is 0.343 e. The van der Waals surface area contributed by atoms with E-state index in [1.165, 1.54) is 30.5 Å². The minimum atomic E-state index is -0.637. The van der Waals surface area contributed by atoms with E-state index in [4.69, 9.17) is 9.47 Å². The van der Waals surface area contributed by atoms with Crippen LogP contribution in [0, 0.1) is 24.0 Å². The molecule has 3 aromatic carbocycles. The molecule has 9 nitrogen and oxygen atoms in total. The summed E-state index contributed by atoms with van der Waals surface area (Å²) in [7, 11) is 0. The zero-order chi connectivity index (χ0) is 23.8. The van der Waals surface area contributed by atoms with Crippen molar-refractivity contribution in [3.63, 3.8) is 0 Å². The van der Waals surface area contributed by atoms with Crippen molar-refractivity contribution in [1.82, 2.24) is 5.43 Å². The Kier molecular flexibility index (Phi) is 7.48. The van der Waals surface area contributed by atoms with Gasteiger partial charge < -0.3 is 9.47 Å². The second-order valence-electron chi connectivity index (χ2n) is 7.07. The van der Waals surface area contributed by atoms with Crippen LogP contribution in [0.5, 0.6) is 11.5 Å². The van der Waals surface area contributed by atoms with Gasteiger partial charge in [-0.15, -0.1) is 0 Å². The van der Waals surface area contributed by atoms with Gasteiger partial charge in [0.1, 0.15) is 11.5 Å². The first-order valence-corrected chi connectivity index (χ1v) is 9.91. The first-order valence-electron chi connectivity index (χ1n) is 9.91. The number of carbonyl (C=O) groups is 2. The molecular formula is C24H21N3O6. The normalized spacial score (nSPS) is 10.6. The summed E-state index contributed by atoms with van der Waals surface area (Å²) in [6, 6.07) is 17.3. The molecule has 0 atom stereocenters. The van der Waals surface area contributed by atoms with Crippen LogP contribution >= 0.6 is 0 Å². The summed E-state index contributed by atoms with van der Waals surface area (Å²) in [5.41, 5.74) is 5.03. The minimum Gasteiger partial charge on any atom is -0.483 e. The van der Waals surface area contributed by atoms with E-state index < -0.39 is 16.8 Å². The number of amides is 1. The Hall–Kier alpha value is -4.53. The van der Waals surface area contributed by atoms with Crippen LogP contribution in [0.2, 0.25) is 0 Å². The van der Waals surface area contributed by atoms with Gasteiger partial charge in [-0.1, -0.05) is 18.2 Å². The Morgan fingerprint density at radius 2 is 1.64 bits per heavy atom. The van der Waals surface area contributed by atoms with Crippen molar-refractivity contribution in [3.8, 4) is 11.5 Å². The third-order valence-electron chi connectivity index (χ3n) is 4.56. The predicted octanol–water partition coefficient (Wildman–Crippen LogP) is 3.96. The van der Waals surface area contributed by atoms with Gasteiger partial charge in [-0.05, 0) is 66.9 Å². The van der Waals surface area contributed by atoms with Crippen molar-refractivity contribution < 1.29 is 24.0 Å².